The predicted molar refractivity (Wildman–Crippen MR) is 81.5 cm³/mol. The molecule has 4 nitrogen and oxygen atoms in total. The Morgan fingerprint density at radius 3 is 2.24 bits per heavy atom. The first-order valence-corrected chi connectivity index (χ1v) is 7.88. The molecule has 0 fully saturated rings. The Morgan fingerprint density at radius 2 is 1.43 bits per heavy atom. The normalized spacial score (nSPS) is 13.6. The van der Waals surface area contributed by atoms with E-state index in [1.807, 2.05) is 30.3 Å². The summed E-state index contributed by atoms with van der Waals surface area (Å²) in [5, 5.41) is 1.68. The third-order valence-corrected chi connectivity index (χ3v) is 3.80. The van der Waals surface area contributed by atoms with E-state index in [0.717, 1.165) is 10.8 Å². The van der Waals surface area contributed by atoms with Gasteiger partial charge in [0.15, 0.2) is 0 Å². The second-order valence-corrected chi connectivity index (χ2v) is 5.74. The van der Waals surface area contributed by atoms with E-state index < -0.39 is 7.82 Å². The minimum absolute atomic E-state index is 0.281. The van der Waals surface area contributed by atoms with Crippen molar-refractivity contribution < 1.29 is 18.5 Å². The Labute approximate surface area is 122 Å². The lowest BCUT2D eigenvalue weighted by Crippen LogP contribution is -2.00. The van der Waals surface area contributed by atoms with Gasteiger partial charge in [0.2, 0.25) is 0 Å². The third-order valence-electron chi connectivity index (χ3n) is 2.93. The van der Waals surface area contributed by atoms with Gasteiger partial charge in [0.05, 0.1) is 0 Å². The summed E-state index contributed by atoms with van der Waals surface area (Å²) in [6.45, 7) is 0. The Kier molecular flexibility index (Phi) is 3.65. The lowest BCUT2D eigenvalue weighted by molar-refractivity contribution is 0.292. The molecule has 1 atom stereocenters. The Hall–Kier alpha value is -2.29. The molecule has 5 heteroatoms. The van der Waals surface area contributed by atoms with Crippen LogP contribution in [-0.2, 0) is 4.57 Å². The predicted octanol–water partition coefficient (Wildman–Crippen LogP) is 4.40. The fourth-order valence-corrected chi connectivity index (χ4v) is 2.87. The molecule has 0 aromatic heterocycles. The molecule has 1 N–H and O–H groups in total. The van der Waals surface area contributed by atoms with Gasteiger partial charge in [-0.25, -0.2) is 4.57 Å². The van der Waals surface area contributed by atoms with Crippen LogP contribution in [-0.4, -0.2) is 4.89 Å². The Bertz CT molecular complexity index is 796. The summed E-state index contributed by atoms with van der Waals surface area (Å²) in [5.41, 5.74) is 0. The molecule has 0 saturated carbocycles. The molecule has 0 radical (unpaired) electrons. The van der Waals surface area contributed by atoms with Gasteiger partial charge in [-0.1, -0.05) is 54.6 Å². The molecule has 0 aliphatic rings. The number of para-hydroxylation sites is 1. The number of benzene rings is 3. The van der Waals surface area contributed by atoms with Crippen LogP contribution in [0.2, 0.25) is 0 Å². The van der Waals surface area contributed by atoms with Crippen molar-refractivity contribution in [2.24, 2.45) is 0 Å². The van der Waals surface area contributed by atoms with Crippen LogP contribution in [0.4, 0.5) is 0 Å². The Morgan fingerprint density at radius 1 is 0.762 bits per heavy atom. The van der Waals surface area contributed by atoms with Crippen LogP contribution in [0, 0.1) is 0 Å². The smallest absolute Gasteiger partial charge is 0.395 e. The zero-order valence-electron chi connectivity index (χ0n) is 11.0. The molecular formula is C16H13O4P. The molecule has 3 aromatic carbocycles. The average molecular weight is 300 g/mol. The summed E-state index contributed by atoms with van der Waals surface area (Å²) in [4.78, 5) is 9.89. The summed E-state index contributed by atoms with van der Waals surface area (Å²) in [6, 6.07) is 21.2. The highest BCUT2D eigenvalue weighted by Gasteiger charge is 2.25. The van der Waals surface area contributed by atoms with Crippen molar-refractivity contribution >= 4 is 18.6 Å². The van der Waals surface area contributed by atoms with E-state index in [9.17, 15) is 9.46 Å². The van der Waals surface area contributed by atoms with Crippen molar-refractivity contribution in [3.8, 4) is 11.5 Å². The van der Waals surface area contributed by atoms with Crippen molar-refractivity contribution in [2.45, 2.75) is 0 Å². The van der Waals surface area contributed by atoms with E-state index in [-0.39, 0.29) is 5.75 Å². The van der Waals surface area contributed by atoms with Crippen molar-refractivity contribution in [2.75, 3.05) is 0 Å². The number of hydrogen-bond acceptors (Lipinski definition) is 3. The standard InChI is InChI=1S/C16H13O4P/c17-21(18,19-14-9-2-1-3-10-14)20-16-12-6-8-13-7-4-5-11-15(13)16/h1-12H,(H,17,18). The molecule has 3 aromatic rings. The highest BCUT2D eigenvalue weighted by atomic mass is 31.2. The Balaban J connectivity index is 1.89. The second-order valence-electron chi connectivity index (χ2n) is 4.44. The number of rotatable bonds is 4. The van der Waals surface area contributed by atoms with Crippen LogP contribution in [0.5, 0.6) is 11.5 Å². The molecule has 106 valence electrons. The van der Waals surface area contributed by atoms with Crippen LogP contribution in [0.25, 0.3) is 10.8 Å². The zero-order valence-corrected chi connectivity index (χ0v) is 11.9. The van der Waals surface area contributed by atoms with E-state index in [1.54, 1.807) is 42.5 Å². The average Bonchev–Trinajstić information content (AvgIpc) is 2.48. The van der Waals surface area contributed by atoms with E-state index in [2.05, 4.69) is 0 Å². The zero-order chi connectivity index (χ0) is 14.7. The molecular weight excluding hydrogens is 287 g/mol. The van der Waals surface area contributed by atoms with Crippen molar-refractivity contribution in [3.63, 3.8) is 0 Å². The first kappa shape index (κ1) is 13.7. The first-order chi connectivity index (χ1) is 10.1. The lowest BCUT2D eigenvalue weighted by atomic mass is 10.1. The van der Waals surface area contributed by atoms with Crippen molar-refractivity contribution in [1.82, 2.24) is 0 Å². The van der Waals surface area contributed by atoms with E-state index in [4.69, 9.17) is 9.05 Å². The van der Waals surface area contributed by atoms with Crippen molar-refractivity contribution in [1.29, 1.82) is 0 Å². The second kappa shape index (κ2) is 5.60. The largest absolute Gasteiger partial charge is 0.584 e. The van der Waals surface area contributed by atoms with Crippen LogP contribution in [0.15, 0.2) is 72.8 Å². The van der Waals surface area contributed by atoms with Gasteiger partial charge in [-0.3, -0.25) is 4.89 Å². The molecule has 0 amide bonds. The minimum Gasteiger partial charge on any atom is -0.395 e. The molecule has 0 spiro atoms. The SMILES string of the molecule is O=P(O)(Oc1ccccc1)Oc1cccc2ccccc12. The highest BCUT2D eigenvalue weighted by Crippen LogP contribution is 2.45. The van der Waals surface area contributed by atoms with Gasteiger partial charge >= 0.3 is 7.82 Å². The van der Waals surface area contributed by atoms with Crippen LogP contribution in [0.1, 0.15) is 0 Å². The molecule has 0 saturated heterocycles. The van der Waals surface area contributed by atoms with E-state index >= 15 is 0 Å². The van der Waals surface area contributed by atoms with E-state index in [1.165, 1.54) is 0 Å². The topological polar surface area (TPSA) is 55.8 Å². The highest BCUT2D eigenvalue weighted by molar-refractivity contribution is 7.48. The van der Waals surface area contributed by atoms with Crippen LogP contribution < -0.4 is 9.05 Å². The maximum absolute atomic E-state index is 12.1. The number of phosphoric ester groups is 1. The van der Waals surface area contributed by atoms with Gasteiger partial charge < -0.3 is 9.05 Å². The molecule has 21 heavy (non-hydrogen) atoms. The molecule has 1 unspecified atom stereocenters. The minimum atomic E-state index is -4.24. The first-order valence-electron chi connectivity index (χ1n) is 6.39. The molecule has 0 bridgehead atoms. The van der Waals surface area contributed by atoms with Crippen LogP contribution in [0.3, 0.4) is 0 Å². The monoisotopic (exact) mass is 300 g/mol. The van der Waals surface area contributed by atoms with Gasteiger partial charge in [-0.05, 0) is 23.6 Å². The van der Waals surface area contributed by atoms with Gasteiger partial charge in [-0.2, -0.15) is 0 Å². The third kappa shape index (κ3) is 3.24. The number of phosphoric acid groups is 1. The lowest BCUT2D eigenvalue weighted by Gasteiger charge is -2.15. The summed E-state index contributed by atoms with van der Waals surface area (Å²) >= 11 is 0. The molecule has 0 heterocycles. The molecule has 0 aliphatic carbocycles. The van der Waals surface area contributed by atoms with Crippen LogP contribution >= 0.6 is 7.82 Å². The van der Waals surface area contributed by atoms with E-state index in [0.29, 0.717) is 5.75 Å². The fraction of sp³-hybridized carbons (Fsp3) is 0. The van der Waals surface area contributed by atoms with Gasteiger partial charge in [0, 0.05) is 5.39 Å². The number of fused-ring (bicyclic) bond motifs is 1. The fourth-order valence-electron chi connectivity index (χ4n) is 2.03. The maximum atomic E-state index is 12.1. The summed E-state index contributed by atoms with van der Waals surface area (Å²) in [5.74, 6) is 0.596. The van der Waals surface area contributed by atoms with Crippen molar-refractivity contribution in [3.05, 3.63) is 72.8 Å². The van der Waals surface area contributed by atoms with Gasteiger partial charge in [0.25, 0.3) is 0 Å². The summed E-state index contributed by atoms with van der Waals surface area (Å²) in [7, 11) is -4.24. The quantitative estimate of drug-likeness (QED) is 0.726. The molecule has 0 aliphatic heterocycles. The van der Waals surface area contributed by atoms with Gasteiger partial charge in [-0.15, -0.1) is 0 Å². The molecule has 3 rings (SSSR count). The summed E-state index contributed by atoms with van der Waals surface area (Å²) < 4.78 is 22.4. The number of hydrogen-bond donors (Lipinski definition) is 1. The maximum Gasteiger partial charge on any atom is 0.584 e. The van der Waals surface area contributed by atoms with Gasteiger partial charge in [0.1, 0.15) is 11.5 Å². The summed E-state index contributed by atoms with van der Waals surface area (Å²) in [6.07, 6.45) is 0.